The lowest BCUT2D eigenvalue weighted by molar-refractivity contribution is 0.0357. The Balaban J connectivity index is 1.47. The lowest BCUT2D eigenvalue weighted by Gasteiger charge is -2.32. The van der Waals surface area contributed by atoms with Gasteiger partial charge in [0, 0.05) is 38.8 Å². The molecule has 2 aromatic rings. The number of halogens is 2. The molecule has 1 amide bonds. The number of aromatic nitrogens is 1. The summed E-state index contributed by atoms with van der Waals surface area (Å²) in [5.74, 6) is -1.71. The van der Waals surface area contributed by atoms with E-state index in [-0.39, 0.29) is 44.5 Å². The number of ether oxygens (including phenoxy) is 3. The van der Waals surface area contributed by atoms with Crippen LogP contribution in [0.4, 0.5) is 0 Å². The van der Waals surface area contributed by atoms with Gasteiger partial charge in [-0.25, -0.2) is 18.2 Å². The Hall–Kier alpha value is -2.64. The van der Waals surface area contributed by atoms with Gasteiger partial charge in [-0.1, -0.05) is 37.0 Å². The van der Waals surface area contributed by atoms with Crippen LogP contribution in [0.1, 0.15) is 46.0 Å². The fourth-order valence-electron chi connectivity index (χ4n) is 4.37. The van der Waals surface area contributed by atoms with E-state index in [1.54, 1.807) is 6.07 Å². The van der Waals surface area contributed by atoms with E-state index in [0.29, 0.717) is 22.2 Å². The van der Waals surface area contributed by atoms with Crippen LogP contribution in [0.3, 0.4) is 0 Å². The molecule has 11 nitrogen and oxygen atoms in total. The summed E-state index contributed by atoms with van der Waals surface area (Å²) < 4.78 is 43.1. The maximum absolute atomic E-state index is 13.2. The van der Waals surface area contributed by atoms with Crippen molar-refractivity contribution in [1.82, 2.24) is 19.1 Å². The smallest absolute Gasteiger partial charge is 0.343 e. The van der Waals surface area contributed by atoms with Gasteiger partial charge < -0.3 is 19.1 Å². The summed E-state index contributed by atoms with van der Waals surface area (Å²) in [4.78, 5) is 34.5. The van der Waals surface area contributed by atoms with Crippen LogP contribution in [0, 0.1) is 0 Å². The van der Waals surface area contributed by atoms with Crippen molar-refractivity contribution < 1.29 is 32.2 Å². The summed E-state index contributed by atoms with van der Waals surface area (Å²) in [6.45, 7) is 7.46. The standard InChI is InChI=1S/C25H30Cl2N4O7S/c1-15(2)17-11-16(36-4)12-19-20(17)24(32)31(39(19,34)35)14-38-25(33)21-18(26)13-28-23(22(21)27)37-10-9-30-7-5-29(3)6-8-30/h11-13,15H,5-10,14H2,1-4H3. The highest BCUT2D eigenvalue weighted by Crippen LogP contribution is 2.39. The van der Waals surface area contributed by atoms with Crippen molar-refractivity contribution in [1.29, 1.82) is 0 Å². The van der Waals surface area contributed by atoms with Crippen LogP contribution in [-0.4, -0.2) is 99.6 Å². The average molecular weight is 602 g/mol. The van der Waals surface area contributed by atoms with Crippen LogP contribution in [-0.2, 0) is 14.8 Å². The van der Waals surface area contributed by atoms with Crippen molar-refractivity contribution >= 4 is 45.1 Å². The Morgan fingerprint density at radius 1 is 1.15 bits per heavy atom. The third-order valence-corrected chi connectivity index (χ3v) is 9.04. The van der Waals surface area contributed by atoms with Crippen molar-refractivity contribution in [3.63, 3.8) is 0 Å². The Kier molecular flexibility index (Phi) is 8.91. The van der Waals surface area contributed by atoms with E-state index >= 15 is 0 Å². The molecule has 0 saturated carbocycles. The van der Waals surface area contributed by atoms with Crippen molar-refractivity contribution in [2.45, 2.75) is 24.7 Å². The molecular formula is C25H30Cl2N4O7S. The predicted octanol–water partition coefficient (Wildman–Crippen LogP) is 3.11. The number of methoxy groups -OCH3 is 1. The molecule has 2 aliphatic heterocycles. The minimum atomic E-state index is -4.30. The molecule has 212 valence electrons. The van der Waals surface area contributed by atoms with Crippen LogP contribution < -0.4 is 9.47 Å². The molecule has 1 aromatic heterocycles. The minimum Gasteiger partial charge on any atom is -0.497 e. The fraction of sp³-hybridized carbons (Fsp3) is 0.480. The topological polar surface area (TPSA) is 119 Å². The Labute approximate surface area is 237 Å². The molecule has 1 fully saturated rings. The van der Waals surface area contributed by atoms with Gasteiger partial charge in [0.2, 0.25) is 5.88 Å². The Morgan fingerprint density at radius 2 is 1.85 bits per heavy atom. The molecule has 0 radical (unpaired) electrons. The number of sulfonamides is 1. The van der Waals surface area contributed by atoms with Gasteiger partial charge in [0.05, 0.1) is 23.9 Å². The molecule has 0 N–H and O–H groups in total. The first kappa shape index (κ1) is 29.3. The van der Waals surface area contributed by atoms with E-state index in [1.165, 1.54) is 19.4 Å². The normalized spacial score (nSPS) is 17.4. The zero-order chi connectivity index (χ0) is 28.5. The fourth-order valence-corrected chi connectivity index (χ4v) is 6.38. The quantitative estimate of drug-likeness (QED) is 0.397. The van der Waals surface area contributed by atoms with E-state index in [4.69, 9.17) is 37.4 Å². The van der Waals surface area contributed by atoms with Gasteiger partial charge in [0.25, 0.3) is 15.9 Å². The molecule has 4 rings (SSSR count). The number of esters is 1. The van der Waals surface area contributed by atoms with Gasteiger partial charge >= 0.3 is 5.97 Å². The highest BCUT2D eigenvalue weighted by atomic mass is 35.5. The second kappa shape index (κ2) is 11.8. The van der Waals surface area contributed by atoms with Gasteiger partial charge in [0.15, 0.2) is 6.73 Å². The third-order valence-electron chi connectivity index (χ3n) is 6.67. The second-order valence-electron chi connectivity index (χ2n) is 9.56. The van der Waals surface area contributed by atoms with Crippen molar-refractivity contribution in [2.75, 3.05) is 60.2 Å². The number of hydrogen-bond donors (Lipinski definition) is 0. The molecule has 1 aromatic carbocycles. The van der Waals surface area contributed by atoms with Gasteiger partial charge in [-0.15, -0.1) is 0 Å². The average Bonchev–Trinajstić information content (AvgIpc) is 3.09. The van der Waals surface area contributed by atoms with Gasteiger partial charge in [0.1, 0.15) is 27.8 Å². The lowest BCUT2D eigenvalue weighted by Crippen LogP contribution is -2.45. The number of piperazine rings is 1. The SMILES string of the molecule is COc1cc(C(C)C)c2c(c1)S(=O)(=O)N(COC(=O)c1c(Cl)cnc(OCCN3CCN(C)CC3)c1Cl)C2=O. The second-order valence-corrected chi connectivity index (χ2v) is 12.2. The molecule has 0 bridgehead atoms. The number of carbonyl (C=O) groups excluding carboxylic acids is 2. The third kappa shape index (κ3) is 5.94. The molecule has 0 aliphatic carbocycles. The zero-order valence-corrected chi connectivity index (χ0v) is 24.4. The van der Waals surface area contributed by atoms with Gasteiger partial charge in [-0.3, -0.25) is 9.69 Å². The first-order chi connectivity index (χ1) is 18.4. The largest absolute Gasteiger partial charge is 0.497 e. The predicted molar refractivity (Wildman–Crippen MR) is 144 cm³/mol. The van der Waals surface area contributed by atoms with Crippen molar-refractivity contribution in [2.24, 2.45) is 0 Å². The van der Waals surface area contributed by atoms with Crippen molar-refractivity contribution in [3.8, 4) is 11.6 Å². The first-order valence-corrected chi connectivity index (χ1v) is 14.5. The molecule has 14 heteroatoms. The molecule has 3 heterocycles. The molecular weight excluding hydrogens is 571 g/mol. The highest BCUT2D eigenvalue weighted by Gasteiger charge is 2.44. The molecule has 0 unspecified atom stereocenters. The van der Waals surface area contributed by atoms with Gasteiger partial charge in [-0.05, 0) is 24.6 Å². The maximum Gasteiger partial charge on any atom is 0.343 e. The number of pyridine rings is 1. The molecule has 0 spiro atoms. The number of carbonyl (C=O) groups is 2. The summed E-state index contributed by atoms with van der Waals surface area (Å²) in [5.41, 5.74) is 0.289. The highest BCUT2D eigenvalue weighted by molar-refractivity contribution is 7.90. The van der Waals surface area contributed by atoms with Crippen LogP contribution in [0.5, 0.6) is 11.6 Å². The minimum absolute atomic E-state index is 0.00640. The lowest BCUT2D eigenvalue weighted by atomic mass is 9.96. The van der Waals surface area contributed by atoms with Crippen LogP contribution in [0.15, 0.2) is 23.2 Å². The summed E-state index contributed by atoms with van der Waals surface area (Å²) >= 11 is 12.6. The number of amides is 1. The number of rotatable bonds is 9. The first-order valence-electron chi connectivity index (χ1n) is 12.3. The molecule has 0 atom stereocenters. The maximum atomic E-state index is 13.2. The van der Waals surface area contributed by atoms with E-state index in [2.05, 4.69) is 21.8 Å². The summed E-state index contributed by atoms with van der Waals surface area (Å²) in [5, 5.41) is -0.279. The molecule has 1 saturated heterocycles. The van der Waals surface area contributed by atoms with Crippen LogP contribution in [0.2, 0.25) is 10.0 Å². The summed E-state index contributed by atoms with van der Waals surface area (Å²) in [6.07, 6.45) is 1.20. The van der Waals surface area contributed by atoms with E-state index in [9.17, 15) is 18.0 Å². The van der Waals surface area contributed by atoms with Crippen LogP contribution in [0.25, 0.3) is 0 Å². The zero-order valence-electron chi connectivity index (χ0n) is 22.1. The number of benzene rings is 1. The molecule has 39 heavy (non-hydrogen) atoms. The summed E-state index contributed by atoms with van der Waals surface area (Å²) in [7, 11) is -0.827. The number of nitrogens with zero attached hydrogens (tertiary/aromatic N) is 4. The van der Waals surface area contributed by atoms with Crippen molar-refractivity contribution in [3.05, 3.63) is 45.1 Å². The number of likely N-dealkylation sites (N-methyl/N-ethyl adjacent to an activating group) is 1. The Bertz CT molecular complexity index is 1380. The Morgan fingerprint density at radius 3 is 2.49 bits per heavy atom. The number of fused-ring (bicyclic) bond motifs is 1. The van der Waals surface area contributed by atoms with E-state index in [1.807, 2.05) is 13.8 Å². The monoisotopic (exact) mass is 600 g/mol. The summed E-state index contributed by atoms with van der Waals surface area (Å²) in [6, 6.07) is 2.90. The van der Waals surface area contributed by atoms with E-state index in [0.717, 1.165) is 26.2 Å². The van der Waals surface area contributed by atoms with E-state index < -0.39 is 28.6 Å². The number of hydrogen-bond acceptors (Lipinski definition) is 10. The van der Waals surface area contributed by atoms with Gasteiger partial charge in [-0.2, -0.15) is 4.31 Å². The van der Waals surface area contributed by atoms with Crippen LogP contribution >= 0.6 is 23.2 Å². The molecule has 2 aliphatic rings.